The van der Waals surface area contributed by atoms with Crippen LogP contribution in [-0.2, 0) is 43.4 Å². The molecule has 0 fully saturated rings. The number of ketones is 1. The monoisotopic (exact) mass is 566 g/mol. The Balaban J connectivity index is 1.70. The van der Waals surface area contributed by atoms with Crippen LogP contribution in [0.2, 0.25) is 0 Å². The van der Waals surface area contributed by atoms with E-state index in [-0.39, 0.29) is 37.8 Å². The molecule has 3 unspecified atom stereocenters. The van der Waals surface area contributed by atoms with Gasteiger partial charge in [0.25, 0.3) is 5.91 Å². The number of nitrogens with zero attached hydrogens (tertiary/aromatic N) is 2. The summed E-state index contributed by atoms with van der Waals surface area (Å²) < 4.78 is 5.26. The van der Waals surface area contributed by atoms with Crippen molar-refractivity contribution in [2.75, 3.05) is 6.54 Å². The molecule has 3 atom stereocenters. The molecule has 1 aromatic carbocycles. The van der Waals surface area contributed by atoms with Gasteiger partial charge in [-0.15, -0.1) is 0 Å². The zero-order valence-electron chi connectivity index (χ0n) is 23.8. The van der Waals surface area contributed by atoms with Crippen LogP contribution in [0.5, 0.6) is 0 Å². The van der Waals surface area contributed by atoms with Crippen molar-refractivity contribution in [2.45, 2.75) is 71.7 Å². The zero-order valence-corrected chi connectivity index (χ0v) is 23.8. The fourth-order valence-corrected chi connectivity index (χ4v) is 4.29. The Morgan fingerprint density at radius 3 is 2.44 bits per heavy atom. The van der Waals surface area contributed by atoms with Crippen LogP contribution in [0.15, 0.2) is 42.6 Å². The van der Waals surface area contributed by atoms with Crippen LogP contribution in [0.1, 0.15) is 51.2 Å². The molecule has 0 saturated carbocycles. The van der Waals surface area contributed by atoms with E-state index in [1.807, 2.05) is 44.2 Å². The standard InChI is InChI=1S/C29H38N6O6/c1-17(2)14-22(34-27(38)24(18(3)4)35-29(40)41-16-19-8-6-5-7-9-19)26(37)33-21-15-20-10-12-30-23(32-20)11-13-31-28(39)25(21)36/h5-10,12,17-18,21-22,24H,11,13-16H2,1-4H3,(H,31,39)(H,33,37)(H,34,38)(H,35,40). The highest BCUT2D eigenvalue weighted by Gasteiger charge is 2.33. The van der Waals surface area contributed by atoms with Gasteiger partial charge >= 0.3 is 6.09 Å². The van der Waals surface area contributed by atoms with Gasteiger partial charge in [-0.25, -0.2) is 14.8 Å². The number of carbonyl (C=O) groups is 5. The van der Waals surface area contributed by atoms with Crippen LogP contribution in [-0.4, -0.2) is 64.2 Å². The van der Waals surface area contributed by atoms with Crippen LogP contribution in [0.4, 0.5) is 4.79 Å². The van der Waals surface area contributed by atoms with Gasteiger partial charge in [-0.2, -0.15) is 0 Å². The zero-order chi connectivity index (χ0) is 29.9. The Labute approximate surface area is 239 Å². The second-order valence-corrected chi connectivity index (χ2v) is 10.7. The lowest BCUT2D eigenvalue weighted by Crippen LogP contribution is -2.58. The van der Waals surface area contributed by atoms with Crippen molar-refractivity contribution in [3.8, 4) is 0 Å². The first kappa shape index (κ1) is 31.2. The summed E-state index contributed by atoms with van der Waals surface area (Å²) in [7, 11) is 0. The molecule has 0 aliphatic carbocycles. The van der Waals surface area contributed by atoms with E-state index in [0.717, 1.165) is 5.56 Å². The maximum absolute atomic E-state index is 13.4. The molecule has 2 aromatic rings. The molecule has 220 valence electrons. The van der Waals surface area contributed by atoms with Gasteiger partial charge in [0.05, 0.1) is 0 Å². The van der Waals surface area contributed by atoms with Gasteiger partial charge in [-0.05, 0) is 29.9 Å². The van der Waals surface area contributed by atoms with Crippen LogP contribution in [0.3, 0.4) is 0 Å². The lowest BCUT2D eigenvalue weighted by Gasteiger charge is -2.27. The largest absolute Gasteiger partial charge is 0.445 e. The molecule has 3 rings (SSSR count). The van der Waals surface area contributed by atoms with Crippen molar-refractivity contribution in [1.29, 1.82) is 0 Å². The number of Topliss-reactive ketones (excluding diaryl/α,β-unsaturated/α-hetero) is 1. The number of fused-ring (bicyclic) bond motifs is 2. The number of carbonyl (C=O) groups excluding carboxylic acids is 5. The number of amides is 4. The number of benzene rings is 1. The Kier molecular flexibility index (Phi) is 11.3. The third-order valence-corrected chi connectivity index (χ3v) is 6.44. The van der Waals surface area contributed by atoms with Crippen molar-refractivity contribution < 1.29 is 28.7 Å². The average Bonchev–Trinajstić information content (AvgIpc) is 2.93. The van der Waals surface area contributed by atoms with E-state index in [9.17, 15) is 24.0 Å². The normalized spacial score (nSPS) is 16.8. The number of nitrogens with one attached hydrogen (secondary N) is 4. The third kappa shape index (κ3) is 9.66. The van der Waals surface area contributed by atoms with Gasteiger partial charge < -0.3 is 26.0 Å². The molecular weight excluding hydrogens is 528 g/mol. The topological polar surface area (TPSA) is 168 Å². The van der Waals surface area contributed by atoms with Crippen molar-refractivity contribution in [3.63, 3.8) is 0 Å². The molecule has 1 aliphatic rings. The molecule has 1 aromatic heterocycles. The van der Waals surface area contributed by atoms with Crippen molar-refractivity contribution in [1.82, 2.24) is 31.2 Å². The predicted octanol–water partition coefficient (Wildman–Crippen LogP) is 1.23. The smallest absolute Gasteiger partial charge is 0.408 e. The first-order valence-electron chi connectivity index (χ1n) is 13.7. The summed E-state index contributed by atoms with van der Waals surface area (Å²) >= 11 is 0. The molecule has 4 N–H and O–H groups in total. The maximum atomic E-state index is 13.4. The van der Waals surface area contributed by atoms with E-state index in [1.165, 1.54) is 0 Å². The van der Waals surface area contributed by atoms with Gasteiger partial charge in [0.15, 0.2) is 0 Å². The molecule has 2 heterocycles. The summed E-state index contributed by atoms with van der Waals surface area (Å²) in [5, 5.41) is 10.5. The molecule has 12 heteroatoms. The third-order valence-electron chi connectivity index (χ3n) is 6.44. The van der Waals surface area contributed by atoms with Crippen LogP contribution >= 0.6 is 0 Å². The van der Waals surface area contributed by atoms with E-state index in [4.69, 9.17) is 4.74 Å². The quantitative estimate of drug-likeness (QED) is 0.311. The number of alkyl carbamates (subject to hydrolysis) is 1. The number of ether oxygens (including phenoxy) is 1. The minimum absolute atomic E-state index is 0.000171. The van der Waals surface area contributed by atoms with Crippen LogP contribution in [0, 0.1) is 11.8 Å². The molecule has 4 amide bonds. The van der Waals surface area contributed by atoms with E-state index >= 15 is 0 Å². The predicted molar refractivity (Wildman–Crippen MR) is 149 cm³/mol. The molecule has 12 nitrogen and oxygen atoms in total. The Morgan fingerprint density at radius 1 is 1.02 bits per heavy atom. The first-order chi connectivity index (χ1) is 19.5. The van der Waals surface area contributed by atoms with Gasteiger partial charge in [0.1, 0.15) is 30.6 Å². The van der Waals surface area contributed by atoms with E-state index in [0.29, 0.717) is 17.9 Å². The van der Waals surface area contributed by atoms with E-state index < -0.39 is 47.7 Å². The minimum atomic E-state index is -1.19. The lowest BCUT2D eigenvalue weighted by atomic mass is 9.99. The fraction of sp³-hybridized carbons (Fsp3) is 0.483. The highest BCUT2D eigenvalue weighted by atomic mass is 16.5. The average molecular weight is 567 g/mol. The SMILES string of the molecule is CC(C)CC(NC(=O)C(NC(=O)OCc1ccccc1)C(C)C)C(=O)NC1Cc2ccnc(n2)CCNC(=O)C1=O. The number of hydrogen-bond donors (Lipinski definition) is 4. The molecule has 2 bridgehead atoms. The molecule has 0 saturated heterocycles. The minimum Gasteiger partial charge on any atom is -0.445 e. The summed E-state index contributed by atoms with van der Waals surface area (Å²) in [6.45, 7) is 7.50. The highest BCUT2D eigenvalue weighted by Crippen LogP contribution is 2.11. The van der Waals surface area contributed by atoms with Gasteiger partial charge in [0.2, 0.25) is 17.6 Å². The summed E-state index contributed by atoms with van der Waals surface area (Å²) in [6, 6.07) is 7.54. The second kappa shape index (κ2) is 14.9. The van der Waals surface area contributed by atoms with Crippen molar-refractivity contribution in [3.05, 3.63) is 59.7 Å². The molecule has 1 aliphatic heterocycles. The highest BCUT2D eigenvalue weighted by molar-refractivity contribution is 6.38. The lowest BCUT2D eigenvalue weighted by molar-refractivity contribution is -0.140. The maximum Gasteiger partial charge on any atom is 0.408 e. The number of hydrogen-bond acceptors (Lipinski definition) is 8. The summed E-state index contributed by atoms with van der Waals surface area (Å²) in [4.78, 5) is 73.1. The Hall–Kier alpha value is -4.35. The Bertz CT molecular complexity index is 1240. The second-order valence-electron chi connectivity index (χ2n) is 10.7. The van der Waals surface area contributed by atoms with Crippen LogP contribution in [0.25, 0.3) is 0 Å². The molecule has 0 spiro atoms. The van der Waals surface area contributed by atoms with Gasteiger partial charge in [-0.3, -0.25) is 19.2 Å². The van der Waals surface area contributed by atoms with Crippen LogP contribution < -0.4 is 21.3 Å². The van der Waals surface area contributed by atoms with Crippen molar-refractivity contribution in [2.24, 2.45) is 11.8 Å². The summed E-state index contributed by atoms with van der Waals surface area (Å²) in [6.07, 6.45) is 1.41. The summed E-state index contributed by atoms with van der Waals surface area (Å²) in [5.41, 5.74) is 1.30. The fourth-order valence-electron chi connectivity index (χ4n) is 4.29. The molecular formula is C29H38N6O6. The Morgan fingerprint density at radius 2 is 1.76 bits per heavy atom. The molecule has 0 radical (unpaired) electrons. The van der Waals surface area contributed by atoms with E-state index in [2.05, 4.69) is 31.2 Å². The van der Waals surface area contributed by atoms with Crippen molar-refractivity contribution >= 4 is 29.6 Å². The summed E-state index contributed by atoms with van der Waals surface area (Å²) in [5.74, 6) is -2.63. The number of aromatic nitrogens is 2. The van der Waals surface area contributed by atoms with Gasteiger partial charge in [0, 0.05) is 31.3 Å². The molecule has 41 heavy (non-hydrogen) atoms. The first-order valence-corrected chi connectivity index (χ1v) is 13.7. The van der Waals surface area contributed by atoms with E-state index in [1.54, 1.807) is 26.1 Å². The van der Waals surface area contributed by atoms with Gasteiger partial charge in [-0.1, -0.05) is 58.0 Å². The number of rotatable bonds is 10.